The molecule has 1 N–H and O–H groups in total. The molecule has 6 nitrogen and oxygen atoms in total. The Morgan fingerprint density at radius 2 is 2.07 bits per heavy atom. The van der Waals surface area contributed by atoms with E-state index in [4.69, 9.17) is 4.99 Å². The zero-order chi connectivity index (χ0) is 20.8. The number of nitrogens with one attached hydrogen (secondary N) is 1. The van der Waals surface area contributed by atoms with Crippen LogP contribution >= 0.6 is 0 Å². The summed E-state index contributed by atoms with van der Waals surface area (Å²) in [5, 5.41) is 3.10. The van der Waals surface area contributed by atoms with Crippen molar-refractivity contribution in [3.63, 3.8) is 0 Å². The van der Waals surface area contributed by atoms with Gasteiger partial charge in [-0.3, -0.25) is 9.79 Å². The van der Waals surface area contributed by atoms with Crippen LogP contribution in [-0.2, 0) is 4.79 Å². The lowest BCUT2D eigenvalue weighted by molar-refractivity contribution is -0.115. The molecule has 1 saturated heterocycles. The summed E-state index contributed by atoms with van der Waals surface area (Å²) in [7, 11) is 0. The van der Waals surface area contributed by atoms with Crippen LogP contribution in [0.25, 0.3) is 0 Å². The number of carbonyl (C=O) groups excluding carboxylic acids is 1. The van der Waals surface area contributed by atoms with Crippen LogP contribution in [0.4, 0.5) is 0 Å². The van der Waals surface area contributed by atoms with E-state index in [1.807, 2.05) is 45.3 Å². The SMILES string of the molecule is C/C=C1/C=NC(C)=CN1C(C)/N=C(\NC(=O)/C=C/CC)C1CCN(C2CC2)CC1. The first-order valence-corrected chi connectivity index (χ1v) is 11.0. The minimum atomic E-state index is -0.116. The Bertz CT molecular complexity index is 736. The highest BCUT2D eigenvalue weighted by atomic mass is 16.1. The van der Waals surface area contributed by atoms with Crippen molar-refractivity contribution >= 4 is 18.0 Å². The molecule has 1 saturated carbocycles. The van der Waals surface area contributed by atoms with Gasteiger partial charge < -0.3 is 15.1 Å². The van der Waals surface area contributed by atoms with Crippen LogP contribution in [-0.4, -0.2) is 53.1 Å². The number of hydrogen-bond donors (Lipinski definition) is 1. The first-order chi connectivity index (χ1) is 14.0. The van der Waals surface area contributed by atoms with Gasteiger partial charge in [-0.25, -0.2) is 4.99 Å². The summed E-state index contributed by atoms with van der Waals surface area (Å²) in [5.41, 5.74) is 1.97. The van der Waals surface area contributed by atoms with Crippen LogP contribution in [0.2, 0.25) is 0 Å². The van der Waals surface area contributed by atoms with Gasteiger partial charge in [0.1, 0.15) is 12.0 Å². The topological polar surface area (TPSA) is 60.3 Å². The van der Waals surface area contributed by atoms with E-state index in [1.165, 1.54) is 12.8 Å². The van der Waals surface area contributed by atoms with Crippen LogP contribution < -0.4 is 5.32 Å². The Morgan fingerprint density at radius 3 is 2.69 bits per heavy atom. The highest BCUT2D eigenvalue weighted by Crippen LogP contribution is 2.31. The second-order valence-electron chi connectivity index (χ2n) is 8.14. The number of aliphatic imine (C=N–C) groups is 2. The molecular formula is C23H35N5O. The molecule has 1 unspecified atom stereocenters. The average molecular weight is 398 g/mol. The maximum atomic E-state index is 12.4. The lowest BCUT2D eigenvalue weighted by Crippen LogP contribution is -2.44. The van der Waals surface area contributed by atoms with Gasteiger partial charge in [-0.15, -0.1) is 0 Å². The summed E-state index contributed by atoms with van der Waals surface area (Å²) >= 11 is 0. The summed E-state index contributed by atoms with van der Waals surface area (Å²) in [4.78, 5) is 26.5. The van der Waals surface area contributed by atoms with Crippen molar-refractivity contribution in [3.8, 4) is 0 Å². The minimum Gasteiger partial charge on any atom is -0.323 e. The van der Waals surface area contributed by atoms with Crippen LogP contribution in [0.1, 0.15) is 59.8 Å². The molecule has 0 spiro atoms. The van der Waals surface area contributed by atoms with Crippen LogP contribution in [0.5, 0.6) is 0 Å². The summed E-state index contributed by atoms with van der Waals surface area (Å²) in [5.74, 6) is 1.03. The standard InChI is InChI=1S/C23H35N5O/c1-5-7-8-22(29)26-23(19-11-13-27(14-12-19)21-9-10-21)25-18(4)28-16-17(3)24-15-20(28)6-2/h6-8,15-16,18-19,21H,5,9-14H2,1-4H3,(H,25,26,29)/b8-7+,20-6-. The van der Waals surface area contributed by atoms with Crippen molar-refractivity contribution in [2.24, 2.45) is 15.9 Å². The second kappa shape index (κ2) is 10.0. The van der Waals surface area contributed by atoms with E-state index in [-0.39, 0.29) is 12.1 Å². The summed E-state index contributed by atoms with van der Waals surface area (Å²) < 4.78 is 0. The van der Waals surface area contributed by atoms with Gasteiger partial charge in [-0.05, 0) is 72.0 Å². The highest BCUT2D eigenvalue weighted by Gasteiger charge is 2.33. The summed E-state index contributed by atoms with van der Waals surface area (Å²) in [6.07, 6.45) is 14.9. The van der Waals surface area contributed by atoms with E-state index in [1.54, 1.807) is 6.08 Å². The molecule has 3 rings (SSSR count). The van der Waals surface area contributed by atoms with Crippen LogP contribution in [0, 0.1) is 5.92 Å². The normalized spacial score (nSPS) is 24.3. The van der Waals surface area contributed by atoms with Crippen molar-refractivity contribution in [3.05, 3.63) is 35.8 Å². The quantitative estimate of drug-likeness (QED) is 0.421. The predicted molar refractivity (Wildman–Crippen MR) is 120 cm³/mol. The molecule has 0 radical (unpaired) electrons. The van der Waals surface area contributed by atoms with Gasteiger partial charge in [0.25, 0.3) is 0 Å². The zero-order valence-electron chi connectivity index (χ0n) is 18.3. The van der Waals surface area contributed by atoms with Crippen LogP contribution in [0.15, 0.2) is 45.8 Å². The monoisotopic (exact) mass is 397 g/mol. The van der Waals surface area contributed by atoms with Crippen molar-refractivity contribution in [1.82, 2.24) is 15.1 Å². The number of hydrogen-bond acceptors (Lipinski definition) is 5. The Labute approximate surface area is 175 Å². The Morgan fingerprint density at radius 1 is 1.34 bits per heavy atom. The molecule has 6 heteroatoms. The van der Waals surface area contributed by atoms with Gasteiger partial charge in [0, 0.05) is 18.2 Å². The molecule has 1 aliphatic carbocycles. The third kappa shape index (κ3) is 5.89. The number of carbonyl (C=O) groups is 1. The molecule has 1 amide bonds. The number of amides is 1. The third-order valence-corrected chi connectivity index (χ3v) is 5.78. The summed E-state index contributed by atoms with van der Waals surface area (Å²) in [6.45, 7) is 10.3. The molecule has 2 aliphatic heterocycles. The molecule has 29 heavy (non-hydrogen) atoms. The molecule has 0 bridgehead atoms. The third-order valence-electron chi connectivity index (χ3n) is 5.78. The van der Waals surface area contributed by atoms with E-state index in [0.29, 0.717) is 5.92 Å². The van der Waals surface area contributed by atoms with E-state index >= 15 is 0 Å². The fourth-order valence-corrected chi connectivity index (χ4v) is 3.96. The molecule has 3 aliphatic rings. The number of allylic oxidation sites excluding steroid dienone is 4. The predicted octanol–water partition coefficient (Wildman–Crippen LogP) is 3.84. The van der Waals surface area contributed by atoms with Gasteiger partial charge >= 0.3 is 0 Å². The number of piperidine rings is 1. The number of likely N-dealkylation sites (tertiary alicyclic amines) is 1. The zero-order valence-corrected chi connectivity index (χ0v) is 18.3. The van der Waals surface area contributed by atoms with Crippen molar-refractivity contribution in [2.45, 2.75) is 72.0 Å². The lowest BCUT2D eigenvalue weighted by Gasteiger charge is -2.34. The van der Waals surface area contributed by atoms with Gasteiger partial charge in [0.15, 0.2) is 0 Å². The summed E-state index contributed by atoms with van der Waals surface area (Å²) in [6, 6.07) is 0.801. The van der Waals surface area contributed by atoms with Gasteiger partial charge in [-0.2, -0.15) is 0 Å². The molecule has 2 heterocycles. The maximum absolute atomic E-state index is 12.4. The van der Waals surface area contributed by atoms with Crippen molar-refractivity contribution < 1.29 is 4.79 Å². The fraction of sp³-hybridized carbons (Fsp3) is 0.609. The van der Waals surface area contributed by atoms with Crippen LogP contribution in [0.3, 0.4) is 0 Å². The minimum absolute atomic E-state index is 0.0828. The van der Waals surface area contributed by atoms with Gasteiger partial charge in [0.2, 0.25) is 5.91 Å². The van der Waals surface area contributed by atoms with Crippen molar-refractivity contribution in [2.75, 3.05) is 13.1 Å². The molecule has 2 fully saturated rings. The van der Waals surface area contributed by atoms with Gasteiger partial charge in [-0.1, -0.05) is 19.1 Å². The molecule has 0 aromatic rings. The molecule has 1 atom stereocenters. The van der Waals surface area contributed by atoms with E-state index < -0.39 is 0 Å². The molecule has 158 valence electrons. The van der Waals surface area contributed by atoms with E-state index in [2.05, 4.69) is 27.0 Å². The molecule has 0 aromatic carbocycles. The van der Waals surface area contributed by atoms with Crippen molar-refractivity contribution in [1.29, 1.82) is 0 Å². The highest BCUT2D eigenvalue weighted by molar-refractivity contribution is 6.04. The number of rotatable bonds is 6. The molecular weight excluding hydrogens is 362 g/mol. The number of nitrogens with zero attached hydrogens (tertiary/aromatic N) is 4. The maximum Gasteiger partial charge on any atom is 0.248 e. The smallest absolute Gasteiger partial charge is 0.248 e. The first kappa shape index (κ1) is 21.5. The van der Waals surface area contributed by atoms with Gasteiger partial charge in [0.05, 0.1) is 17.6 Å². The fourth-order valence-electron chi connectivity index (χ4n) is 3.96. The largest absolute Gasteiger partial charge is 0.323 e. The Hall–Kier alpha value is -2.21. The lowest BCUT2D eigenvalue weighted by atomic mass is 9.95. The second-order valence-corrected chi connectivity index (χ2v) is 8.14. The average Bonchev–Trinajstić information content (AvgIpc) is 3.57. The van der Waals surface area contributed by atoms with E-state index in [9.17, 15) is 4.79 Å². The Kier molecular flexibility index (Phi) is 7.42. The first-order valence-electron chi connectivity index (χ1n) is 11.0. The Balaban J connectivity index is 1.76. The van der Waals surface area contributed by atoms with E-state index in [0.717, 1.165) is 55.6 Å². The molecule has 0 aromatic heterocycles. The number of amidine groups is 1.